The molecule has 12 heavy (non-hydrogen) atoms. The number of rotatable bonds is 3. The molecule has 0 aliphatic heterocycles. The van der Waals surface area contributed by atoms with Gasteiger partial charge in [-0.25, -0.2) is 4.57 Å². The van der Waals surface area contributed by atoms with E-state index in [0.29, 0.717) is 0 Å². The van der Waals surface area contributed by atoms with E-state index in [1.165, 1.54) is 12.1 Å². The monoisotopic (exact) mass is 188 g/mol. The van der Waals surface area contributed by atoms with E-state index in [9.17, 15) is 8.76 Å². The summed E-state index contributed by atoms with van der Waals surface area (Å²) in [5.41, 5.74) is 0. The van der Waals surface area contributed by atoms with Gasteiger partial charge in [0.15, 0.2) is 0 Å². The van der Waals surface area contributed by atoms with Gasteiger partial charge in [0.1, 0.15) is 0 Å². The Kier molecular flexibility index (Phi) is 3.01. The maximum atomic E-state index is 13.2. The summed E-state index contributed by atoms with van der Waals surface area (Å²) < 4.78 is 28.8. The molecule has 1 aromatic carbocycles. The number of benzene rings is 1. The zero-order valence-corrected chi connectivity index (χ0v) is 7.63. The third kappa shape index (κ3) is 2.16. The van der Waals surface area contributed by atoms with Crippen LogP contribution in [0.3, 0.4) is 0 Å². The van der Waals surface area contributed by atoms with Gasteiger partial charge in [0, 0.05) is 0 Å². The average Bonchev–Trinajstić information content (AvgIpc) is 2.06. The molecule has 0 radical (unpaired) electrons. The Morgan fingerprint density at radius 3 is 2.50 bits per heavy atom. The molecule has 66 valence electrons. The van der Waals surface area contributed by atoms with E-state index in [1.807, 2.05) is 0 Å². The molecule has 1 atom stereocenters. The van der Waals surface area contributed by atoms with Crippen molar-refractivity contribution in [3.05, 3.63) is 30.3 Å². The van der Waals surface area contributed by atoms with E-state index >= 15 is 0 Å². The van der Waals surface area contributed by atoms with Gasteiger partial charge in [-0.05, 0) is 19.1 Å². The quantitative estimate of drug-likeness (QED) is 0.681. The maximum Gasteiger partial charge on any atom is 0.397 e. The third-order valence-corrected chi connectivity index (χ3v) is 2.87. The van der Waals surface area contributed by atoms with Crippen molar-refractivity contribution in [3.8, 4) is 0 Å². The maximum absolute atomic E-state index is 13.2. The largest absolute Gasteiger partial charge is 0.397 e. The van der Waals surface area contributed by atoms with Crippen LogP contribution in [0.25, 0.3) is 0 Å². The lowest BCUT2D eigenvalue weighted by Crippen LogP contribution is -2.02. The lowest BCUT2D eigenvalue weighted by molar-refractivity contribution is 0.313. The van der Waals surface area contributed by atoms with Crippen molar-refractivity contribution in [1.82, 2.24) is 0 Å². The molecule has 0 heterocycles. The van der Waals surface area contributed by atoms with Crippen molar-refractivity contribution in [2.24, 2.45) is 0 Å². The van der Waals surface area contributed by atoms with Gasteiger partial charge in [-0.2, -0.15) is 4.20 Å². The molecule has 0 bridgehead atoms. The van der Waals surface area contributed by atoms with E-state index in [4.69, 9.17) is 0 Å². The summed E-state index contributed by atoms with van der Waals surface area (Å²) in [6.45, 7) is 1.72. The summed E-state index contributed by atoms with van der Waals surface area (Å²) in [4.78, 5) is 0. The minimum atomic E-state index is -4.04. The first-order valence-corrected chi connectivity index (χ1v) is 5.18. The molecule has 1 aromatic rings. The van der Waals surface area contributed by atoms with Crippen LogP contribution in [0.1, 0.15) is 6.92 Å². The smallest absolute Gasteiger partial charge is 0.302 e. The van der Waals surface area contributed by atoms with Gasteiger partial charge in [-0.3, -0.25) is 0 Å². The Bertz CT molecular complexity index is 286. The fourth-order valence-corrected chi connectivity index (χ4v) is 1.86. The zero-order chi connectivity index (χ0) is 9.03. The van der Waals surface area contributed by atoms with Crippen LogP contribution in [0, 0.1) is 0 Å². The number of hydrogen-bond donors (Lipinski definition) is 0. The summed E-state index contributed by atoms with van der Waals surface area (Å²) in [6.07, 6.45) is 0. The Labute approximate surface area is 70.9 Å². The van der Waals surface area contributed by atoms with Crippen molar-refractivity contribution in [3.63, 3.8) is 0 Å². The normalized spacial score (nSPS) is 15.5. The molecule has 0 N–H and O–H groups in total. The first-order valence-electron chi connectivity index (χ1n) is 3.66. The third-order valence-electron chi connectivity index (χ3n) is 1.36. The highest BCUT2D eigenvalue weighted by atomic mass is 31.2. The molecule has 0 aromatic heterocycles. The molecule has 0 aliphatic carbocycles. The Balaban J connectivity index is 2.90. The van der Waals surface area contributed by atoms with Crippen molar-refractivity contribution in [2.75, 3.05) is 6.61 Å². The highest BCUT2D eigenvalue weighted by Crippen LogP contribution is 2.46. The fraction of sp³-hybridized carbons (Fsp3) is 0.250. The van der Waals surface area contributed by atoms with Crippen molar-refractivity contribution in [2.45, 2.75) is 6.92 Å². The minimum absolute atomic E-state index is 0.114. The van der Waals surface area contributed by atoms with Crippen molar-refractivity contribution in [1.29, 1.82) is 0 Å². The summed E-state index contributed by atoms with van der Waals surface area (Å²) >= 11 is 0. The van der Waals surface area contributed by atoms with E-state index in [0.717, 1.165) is 0 Å². The summed E-state index contributed by atoms with van der Waals surface area (Å²) in [5.74, 6) is 0. The molecular formula is C8H10FO2P. The van der Waals surface area contributed by atoms with Gasteiger partial charge in [0.05, 0.1) is 11.9 Å². The van der Waals surface area contributed by atoms with Crippen LogP contribution < -0.4 is 5.30 Å². The van der Waals surface area contributed by atoms with Gasteiger partial charge >= 0.3 is 7.68 Å². The van der Waals surface area contributed by atoms with E-state index < -0.39 is 7.68 Å². The Morgan fingerprint density at radius 1 is 1.42 bits per heavy atom. The summed E-state index contributed by atoms with van der Waals surface area (Å²) in [7, 11) is -4.04. The second-order valence-corrected chi connectivity index (χ2v) is 3.97. The van der Waals surface area contributed by atoms with E-state index in [-0.39, 0.29) is 11.9 Å². The molecule has 0 unspecified atom stereocenters. The van der Waals surface area contributed by atoms with Crippen molar-refractivity contribution >= 4 is 13.0 Å². The molecule has 0 fully saturated rings. The van der Waals surface area contributed by atoms with Crippen LogP contribution >= 0.6 is 7.68 Å². The van der Waals surface area contributed by atoms with Crippen LogP contribution in [-0.4, -0.2) is 6.61 Å². The van der Waals surface area contributed by atoms with Gasteiger partial charge < -0.3 is 4.52 Å². The van der Waals surface area contributed by atoms with Crippen molar-refractivity contribution < 1.29 is 13.3 Å². The predicted molar refractivity (Wildman–Crippen MR) is 46.4 cm³/mol. The molecule has 1 rings (SSSR count). The lowest BCUT2D eigenvalue weighted by atomic mass is 10.4. The molecule has 4 heteroatoms. The van der Waals surface area contributed by atoms with Gasteiger partial charge in [-0.15, -0.1) is 0 Å². The van der Waals surface area contributed by atoms with E-state index in [1.54, 1.807) is 25.1 Å². The second kappa shape index (κ2) is 3.83. The molecule has 0 spiro atoms. The number of halogens is 1. The van der Waals surface area contributed by atoms with Crippen LogP contribution in [0.4, 0.5) is 4.20 Å². The Morgan fingerprint density at radius 2 is 2.00 bits per heavy atom. The van der Waals surface area contributed by atoms with Gasteiger partial charge in [0.2, 0.25) is 0 Å². The van der Waals surface area contributed by atoms with Gasteiger partial charge in [0.25, 0.3) is 0 Å². The van der Waals surface area contributed by atoms with Crippen LogP contribution in [0.15, 0.2) is 30.3 Å². The molecule has 0 saturated carbocycles. The first kappa shape index (κ1) is 9.43. The molecule has 2 nitrogen and oxygen atoms in total. The first-order chi connectivity index (χ1) is 5.67. The Hall–Kier alpha value is -0.660. The standard InChI is InChI=1S/C8H10FO2P/c1-2-11-12(9,10)8-6-4-3-5-7-8/h3-7H,2H2,1H3/t12-/m1/s1. The highest BCUT2D eigenvalue weighted by molar-refractivity contribution is 7.61. The second-order valence-electron chi connectivity index (χ2n) is 2.23. The van der Waals surface area contributed by atoms with Crippen LogP contribution in [-0.2, 0) is 9.09 Å². The van der Waals surface area contributed by atoms with E-state index in [2.05, 4.69) is 4.52 Å². The van der Waals surface area contributed by atoms with Crippen LogP contribution in [0.5, 0.6) is 0 Å². The average molecular weight is 188 g/mol. The summed E-state index contributed by atoms with van der Waals surface area (Å²) in [6, 6.07) is 7.89. The molecular weight excluding hydrogens is 178 g/mol. The zero-order valence-electron chi connectivity index (χ0n) is 6.74. The van der Waals surface area contributed by atoms with Gasteiger partial charge in [-0.1, -0.05) is 18.2 Å². The van der Waals surface area contributed by atoms with Crippen LogP contribution in [0.2, 0.25) is 0 Å². The number of hydrogen-bond acceptors (Lipinski definition) is 2. The molecule has 0 amide bonds. The summed E-state index contributed by atoms with van der Waals surface area (Å²) in [5, 5.41) is 0.117. The lowest BCUT2D eigenvalue weighted by Gasteiger charge is -2.06. The molecule has 0 aliphatic rings. The highest BCUT2D eigenvalue weighted by Gasteiger charge is 2.23. The topological polar surface area (TPSA) is 26.3 Å². The molecule has 0 saturated heterocycles. The fourth-order valence-electron chi connectivity index (χ4n) is 0.847. The minimum Gasteiger partial charge on any atom is -0.302 e. The SMILES string of the molecule is CCO[P@@](=O)(F)c1ccccc1. The predicted octanol–water partition coefficient (Wildman–Crippen LogP) is 2.51.